The highest BCUT2D eigenvalue weighted by atomic mass is 35.5. The lowest BCUT2D eigenvalue weighted by Gasteiger charge is -2.05. The van der Waals surface area contributed by atoms with Crippen molar-refractivity contribution >= 4 is 34.8 Å². The standard InChI is InChI=1S/C14H15ClN2O3S/c15-12-4-3-10(21-12)5-7-16-13(18)6-8-17-14(19)11-2-1-9-20-11/h1-4,9H,5-8H2,(H,16,18)(H,17,19). The summed E-state index contributed by atoms with van der Waals surface area (Å²) < 4.78 is 5.69. The molecule has 0 saturated carbocycles. The van der Waals surface area contributed by atoms with Gasteiger partial charge >= 0.3 is 0 Å². The summed E-state index contributed by atoms with van der Waals surface area (Å²) in [6.45, 7) is 0.831. The van der Waals surface area contributed by atoms with Crippen molar-refractivity contribution in [3.8, 4) is 0 Å². The molecule has 2 heterocycles. The molecule has 21 heavy (non-hydrogen) atoms. The predicted molar refractivity (Wildman–Crippen MR) is 81.7 cm³/mol. The number of carbonyl (C=O) groups excluding carboxylic acids is 2. The summed E-state index contributed by atoms with van der Waals surface area (Å²) in [5.74, 6) is -0.177. The molecule has 7 heteroatoms. The topological polar surface area (TPSA) is 71.3 Å². The summed E-state index contributed by atoms with van der Waals surface area (Å²) >= 11 is 7.33. The lowest BCUT2D eigenvalue weighted by molar-refractivity contribution is -0.120. The van der Waals surface area contributed by atoms with E-state index in [0.29, 0.717) is 6.54 Å². The largest absolute Gasteiger partial charge is 0.459 e. The van der Waals surface area contributed by atoms with E-state index in [1.807, 2.05) is 12.1 Å². The first-order chi connectivity index (χ1) is 10.1. The minimum Gasteiger partial charge on any atom is -0.459 e. The zero-order valence-electron chi connectivity index (χ0n) is 11.2. The third-order valence-electron chi connectivity index (χ3n) is 2.71. The second-order valence-corrected chi connectivity index (χ2v) is 6.09. The van der Waals surface area contributed by atoms with E-state index in [-0.39, 0.29) is 30.5 Å². The van der Waals surface area contributed by atoms with Gasteiger partial charge in [-0.25, -0.2) is 0 Å². The predicted octanol–water partition coefficient (Wildman–Crippen LogP) is 2.47. The lowest BCUT2D eigenvalue weighted by atomic mass is 10.3. The number of rotatable bonds is 7. The van der Waals surface area contributed by atoms with Crippen LogP contribution in [0.5, 0.6) is 0 Å². The number of nitrogens with one attached hydrogen (secondary N) is 2. The van der Waals surface area contributed by atoms with Gasteiger partial charge in [-0.3, -0.25) is 9.59 Å². The highest BCUT2D eigenvalue weighted by molar-refractivity contribution is 7.16. The van der Waals surface area contributed by atoms with Gasteiger partial charge in [0.2, 0.25) is 5.91 Å². The van der Waals surface area contributed by atoms with Gasteiger partial charge in [0, 0.05) is 24.4 Å². The third-order valence-corrected chi connectivity index (χ3v) is 4.00. The molecule has 2 amide bonds. The molecule has 0 aliphatic heterocycles. The fourth-order valence-corrected chi connectivity index (χ4v) is 2.77. The highest BCUT2D eigenvalue weighted by Crippen LogP contribution is 2.21. The minimum absolute atomic E-state index is 0.0996. The molecular formula is C14H15ClN2O3S. The molecule has 0 radical (unpaired) electrons. The van der Waals surface area contributed by atoms with Crippen LogP contribution in [0.25, 0.3) is 0 Å². The summed E-state index contributed by atoms with van der Waals surface area (Å²) in [4.78, 5) is 24.3. The van der Waals surface area contributed by atoms with Gasteiger partial charge in [-0.15, -0.1) is 11.3 Å². The van der Waals surface area contributed by atoms with Crippen molar-refractivity contribution in [2.75, 3.05) is 13.1 Å². The molecule has 2 N–H and O–H groups in total. The Kier molecular flexibility index (Phi) is 5.83. The maximum absolute atomic E-state index is 11.6. The van der Waals surface area contributed by atoms with Gasteiger partial charge in [-0.05, 0) is 30.7 Å². The first-order valence-corrected chi connectivity index (χ1v) is 7.67. The van der Waals surface area contributed by atoms with Gasteiger partial charge in [0.25, 0.3) is 5.91 Å². The Morgan fingerprint density at radius 1 is 1.19 bits per heavy atom. The molecule has 0 unspecified atom stereocenters. The third kappa shape index (κ3) is 5.24. The number of carbonyl (C=O) groups is 2. The summed E-state index contributed by atoms with van der Waals surface area (Å²) in [5, 5.41) is 5.42. The van der Waals surface area contributed by atoms with Crippen molar-refractivity contribution in [2.24, 2.45) is 0 Å². The molecule has 5 nitrogen and oxygen atoms in total. The van der Waals surface area contributed by atoms with Crippen LogP contribution in [0.3, 0.4) is 0 Å². The maximum atomic E-state index is 11.6. The Hall–Kier alpha value is -1.79. The lowest BCUT2D eigenvalue weighted by Crippen LogP contribution is -2.31. The van der Waals surface area contributed by atoms with E-state index in [9.17, 15) is 9.59 Å². The molecule has 2 rings (SSSR count). The number of furan rings is 1. The zero-order chi connectivity index (χ0) is 15.1. The average molecular weight is 327 g/mol. The van der Waals surface area contributed by atoms with Gasteiger partial charge in [0.05, 0.1) is 10.6 Å². The number of thiophene rings is 1. The molecule has 0 saturated heterocycles. The second-order valence-electron chi connectivity index (χ2n) is 4.29. The molecule has 0 aliphatic rings. The van der Waals surface area contributed by atoms with Crippen molar-refractivity contribution in [1.29, 1.82) is 0 Å². The van der Waals surface area contributed by atoms with Gasteiger partial charge in [-0.2, -0.15) is 0 Å². The van der Waals surface area contributed by atoms with E-state index in [2.05, 4.69) is 10.6 Å². The van der Waals surface area contributed by atoms with Crippen molar-refractivity contribution < 1.29 is 14.0 Å². The summed E-state index contributed by atoms with van der Waals surface area (Å²) in [6.07, 6.45) is 2.41. The quantitative estimate of drug-likeness (QED) is 0.821. The SMILES string of the molecule is O=C(CCNC(=O)c1ccco1)NCCc1ccc(Cl)s1. The molecule has 2 aromatic rings. The van der Waals surface area contributed by atoms with Crippen LogP contribution in [0, 0.1) is 0 Å². The van der Waals surface area contributed by atoms with Crippen LogP contribution in [-0.2, 0) is 11.2 Å². The molecule has 0 aliphatic carbocycles. The Morgan fingerprint density at radius 2 is 2.05 bits per heavy atom. The number of hydrogen-bond donors (Lipinski definition) is 2. The summed E-state index contributed by atoms with van der Waals surface area (Å²) in [6, 6.07) is 7.00. The Bertz CT molecular complexity index is 595. The molecule has 112 valence electrons. The van der Waals surface area contributed by atoms with Crippen molar-refractivity contribution in [1.82, 2.24) is 10.6 Å². The fraction of sp³-hybridized carbons (Fsp3) is 0.286. The first kappa shape index (κ1) is 15.6. The van der Waals surface area contributed by atoms with Gasteiger partial charge < -0.3 is 15.1 Å². The van der Waals surface area contributed by atoms with Crippen LogP contribution < -0.4 is 10.6 Å². The maximum Gasteiger partial charge on any atom is 0.286 e. The molecule has 0 fully saturated rings. The van der Waals surface area contributed by atoms with Gasteiger partial charge in [0.1, 0.15) is 0 Å². The monoisotopic (exact) mass is 326 g/mol. The second kappa shape index (κ2) is 7.85. The normalized spacial score (nSPS) is 10.3. The van der Waals surface area contributed by atoms with Crippen LogP contribution in [0.2, 0.25) is 4.34 Å². The Labute approximate surface area is 131 Å². The molecule has 2 aromatic heterocycles. The molecule has 0 bridgehead atoms. The molecule has 0 spiro atoms. The minimum atomic E-state index is -0.318. The first-order valence-electron chi connectivity index (χ1n) is 6.48. The Morgan fingerprint density at radius 3 is 2.71 bits per heavy atom. The van der Waals surface area contributed by atoms with E-state index in [4.69, 9.17) is 16.0 Å². The van der Waals surface area contributed by atoms with Crippen LogP contribution in [0.15, 0.2) is 34.9 Å². The smallest absolute Gasteiger partial charge is 0.286 e. The zero-order valence-corrected chi connectivity index (χ0v) is 12.8. The van der Waals surface area contributed by atoms with E-state index < -0.39 is 0 Å². The number of halogens is 1. The van der Waals surface area contributed by atoms with E-state index >= 15 is 0 Å². The molecular weight excluding hydrogens is 312 g/mol. The number of hydrogen-bond acceptors (Lipinski definition) is 4. The van der Waals surface area contributed by atoms with E-state index in [1.54, 1.807) is 12.1 Å². The van der Waals surface area contributed by atoms with Gasteiger partial charge in [0.15, 0.2) is 5.76 Å². The fourth-order valence-electron chi connectivity index (χ4n) is 1.68. The van der Waals surface area contributed by atoms with Crippen LogP contribution in [0.1, 0.15) is 21.9 Å². The highest BCUT2D eigenvalue weighted by Gasteiger charge is 2.08. The van der Waals surface area contributed by atoms with Gasteiger partial charge in [-0.1, -0.05) is 11.6 Å². The molecule has 0 atom stereocenters. The van der Waals surface area contributed by atoms with Crippen molar-refractivity contribution in [2.45, 2.75) is 12.8 Å². The van der Waals surface area contributed by atoms with E-state index in [1.165, 1.54) is 17.6 Å². The molecule has 0 aromatic carbocycles. The van der Waals surface area contributed by atoms with Crippen molar-refractivity contribution in [3.05, 3.63) is 45.5 Å². The Balaban J connectivity index is 1.58. The van der Waals surface area contributed by atoms with E-state index in [0.717, 1.165) is 15.6 Å². The summed E-state index contributed by atoms with van der Waals surface area (Å²) in [5.41, 5.74) is 0. The number of amides is 2. The van der Waals surface area contributed by atoms with Crippen molar-refractivity contribution in [3.63, 3.8) is 0 Å². The van der Waals surface area contributed by atoms with Crippen LogP contribution >= 0.6 is 22.9 Å². The average Bonchev–Trinajstić information content (AvgIpc) is 3.10. The summed E-state index contributed by atoms with van der Waals surface area (Å²) in [7, 11) is 0. The van der Waals surface area contributed by atoms with Crippen LogP contribution in [0.4, 0.5) is 0 Å². The van der Waals surface area contributed by atoms with Crippen LogP contribution in [-0.4, -0.2) is 24.9 Å².